The Hall–Kier alpha value is -2.22. The van der Waals surface area contributed by atoms with E-state index in [1.165, 1.54) is 11.3 Å². The summed E-state index contributed by atoms with van der Waals surface area (Å²) in [6.45, 7) is 4.20. The Labute approximate surface area is 156 Å². The lowest BCUT2D eigenvalue weighted by Gasteiger charge is -2.33. The summed E-state index contributed by atoms with van der Waals surface area (Å²) in [5, 5.41) is 3.77. The standard InChI is InChI=1S/C18H23N5O2S/c1-11-16(26-18(19-2)20-11)17(25)22-7-3-5-12(10-22)13-9-15(24)21-14-6-4-8-23(13)14/h9,12H,3-8,10H2,1-2H3,(H,19,20). The van der Waals surface area contributed by atoms with Gasteiger partial charge in [0.05, 0.1) is 5.69 Å². The van der Waals surface area contributed by atoms with Gasteiger partial charge in [-0.25, -0.2) is 4.98 Å². The molecule has 0 aromatic carbocycles. The molecule has 2 aromatic rings. The van der Waals surface area contributed by atoms with Crippen LogP contribution in [0.15, 0.2) is 10.9 Å². The number of hydrogen-bond acceptors (Lipinski definition) is 6. The van der Waals surface area contributed by atoms with Crippen LogP contribution >= 0.6 is 11.3 Å². The zero-order chi connectivity index (χ0) is 18.3. The van der Waals surface area contributed by atoms with Crippen molar-refractivity contribution in [3.63, 3.8) is 0 Å². The van der Waals surface area contributed by atoms with E-state index in [0.717, 1.165) is 61.1 Å². The second kappa shape index (κ2) is 6.83. The first-order valence-electron chi connectivity index (χ1n) is 9.12. The Balaban J connectivity index is 1.59. The molecule has 8 heteroatoms. The Bertz CT molecular complexity index is 903. The van der Waals surface area contributed by atoms with E-state index in [4.69, 9.17) is 0 Å². The normalized spacial score (nSPS) is 19.5. The van der Waals surface area contributed by atoms with E-state index in [0.29, 0.717) is 11.4 Å². The molecule has 138 valence electrons. The van der Waals surface area contributed by atoms with Crippen molar-refractivity contribution < 1.29 is 4.79 Å². The highest BCUT2D eigenvalue weighted by Crippen LogP contribution is 2.31. The van der Waals surface area contributed by atoms with Crippen LogP contribution in [0.4, 0.5) is 5.13 Å². The fourth-order valence-electron chi connectivity index (χ4n) is 4.00. The number of aryl methyl sites for hydroxylation is 2. The average Bonchev–Trinajstić information content (AvgIpc) is 3.26. The van der Waals surface area contributed by atoms with Crippen LogP contribution in [-0.2, 0) is 13.0 Å². The zero-order valence-electron chi connectivity index (χ0n) is 15.1. The minimum Gasteiger partial charge on any atom is -0.365 e. The van der Waals surface area contributed by atoms with Crippen molar-refractivity contribution in [3.05, 3.63) is 38.5 Å². The second-order valence-corrected chi connectivity index (χ2v) is 7.96. The smallest absolute Gasteiger partial charge is 0.273 e. The summed E-state index contributed by atoms with van der Waals surface area (Å²) < 4.78 is 2.19. The van der Waals surface area contributed by atoms with Gasteiger partial charge in [-0.05, 0) is 26.2 Å². The summed E-state index contributed by atoms with van der Waals surface area (Å²) in [5.74, 6) is 1.13. The number of carbonyl (C=O) groups is 1. The Kier molecular flexibility index (Phi) is 4.52. The average molecular weight is 373 g/mol. The van der Waals surface area contributed by atoms with Crippen LogP contribution in [0.3, 0.4) is 0 Å². The molecule has 0 radical (unpaired) electrons. The molecule has 4 rings (SSSR count). The lowest BCUT2D eigenvalue weighted by atomic mass is 9.94. The molecule has 0 aliphatic carbocycles. The van der Waals surface area contributed by atoms with Crippen LogP contribution in [0.1, 0.15) is 52.1 Å². The molecule has 0 bridgehead atoms. The number of aromatic nitrogens is 3. The highest BCUT2D eigenvalue weighted by Gasteiger charge is 2.30. The fourth-order valence-corrected chi connectivity index (χ4v) is 4.89. The van der Waals surface area contributed by atoms with Gasteiger partial charge in [-0.15, -0.1) is 0 Å². The van der Waals surface area contributed by atoms with Crippen LogP contribution in [0.2, 0.25) is 0 Å². The van der Waals surface area contributed by atoms with E-state index in [1.54, 1.807) is 6.07 Å². The zero-order valence-corrected chi connectivity index (χ0v) is 15.9. The van der Waals surface area contributed by atoms with Crippen molar-refractivity contribution in [1.82, 2.24) is 19.4 Å². The summed E-state index contributed by atoms with van der Waals surface area (Å²) in [5.41, 5.74) is 1.66. The monoisotopic (exact) mass is 373 g/mol. The third kappa shape index (κ3) is 3.02. The highest BCUT2D eigenvalue weighted by molar-refractivity contribution is 7.17. The molecule has 2 aliphatic rings. The van der Waals surface area contributed by atoms with E-state index in [-0.39, 0.29) is 17.4 Å². The molecule has 1 N–H and O–H groups in total. The van der Waals surface area contributed by atoms with E-state index in [1.807, 2.05) is 18.9 Å². The molecular weight excluding hydrogens is 350 g/mol. The van der Waals surface area contributed by atoms with Gasteiger partial charge < -0.3 is 14.8 Å². The maximum Gasteiger partial charge on any atom is 0.273 e. The van der Waals surface area contributed by atoms with Gasteiger partial charge in [-0.1, -0.05) is 11.3 Å². The van der Waals surface area contributed by atoms with Gasteiger partial charge in [0.2, 0.25) is 0 Å². The number of nitrogens with one attached hydrogen (secondary N) is 1. The Morgan fingerprint density at radius 1 is 1.31 bits per heavy atom. The van der Waals surface area contributed by atoms with Crippen molar-refractivity contribution in [1.29, 1.82) is 0 Å². The molecule has 26 heavy (non-hydrogen) atoms. The number of nitrogens with zero attached hydrogens (tertiary/aromatic N) is 4. The molecule has 0 saturated carbocycles. The third-order valence-corrected chi connectivity index (χ3v) is 6.41. The Morgan fingerprint density at radius 2 is 2.15 bits per heavy atom. The third-order valence-electron chi connectivity index (χ3n) is 5.25. The topological polar surface area (TPSA) is 80.1 Å². The molecular formula is C18H23N5O2S. The highest BCUT2D eigenvalue weighted by atomic mass is 32.1. The van der Waals surface area contributed by atoms with Crippen molar-refractivity contribution in [3.8, 4) is 0 Å². The quantitative estimate of drug-likeness (QED) is 0.890. The summed E-state index contributed by atoms with van der Waals surface area (Å²) in [7, 11) is 1.81. The largest absolute Gasteiger partial charge is 0.365 e. The molecule has 1 amide bonds. The first-order chi connectivity index (χ1) is 12.6. The fraction of sp³-hybridized carbons (Fsp3) is 0.556. The second-order valence-electron chi connectivity index (χ2n) is 6.96. The van der Waals surface area contributed by atoms with Gasteiger partial charge in [-0.2, -0.15) is 4.98 Å². The predicted octanol–water partition coefficient (Wildman–Crippen LogP) is 2.02. The lowest BCUT2D eigenvalue weighted by molar-refractivity contribution is 0.0708. The van der Waals surface area contributed by atoms with Crippen molar-refractivity contribution in [2.24, 2.45) is 0 Å². The van der Waals surface area contributed by atoms with Gasteiger partial charge >= 0.3 is 0 Å². The summed E-state index contributed by atoms with van der Waals surface area (Å²) in [6.07, 6.45) is 3.84. The molecule has 4 heterocycles. The molecule has 1 atom stereocenters. The molecule has 1 fully saturated rings. The molecule has 1 saturated heterocycles. The number of fused-ring (bicyclic) bond motifs is 1. The minimum absolute atomic E-state index is 0.0456. The van der Waals surface area contributed by atoms with Gasteiger partial charge in [0.25, 0.3) is 11.5 Å². The maximum absolute atomic E-state index is 13.0. The number of amides is 1. The maximum atomic E-state index is 13.0. The van der Waals surface area contributed by atoms with Crippen LogP contribution in [0.25, 0.3) is 0 Å². The van der Waals surface area contributed by atoms with Gasteiger partial charge in [0.15, 0.2) is 5.13 Å². The molecule has 2 aromatic heterocycles. The van der Waals surface area contributed by atoms with Crippen LogP contribution in [0, 0.1) is 6.92 Å². The van der Waals surface area contributed by atoms with Crippen molar-refractivity contribution in [2.45, 2.75) is 45.1 Å². The first kappa shape index (κ1) is 17.2. The number of hydrogen-bond donors (Lipinski definition) is 1. The van der Waals surface area contributed by atoms with Crippen LogP contribution < -0.4 is 10.9 Å². The first-order valence-corrected chi connectivity index (χ1v) is 9.93. The van der Waals surface area contributed by atoms with E-state index < -0.39 is 0 Å². The number of anilines is 1. The number of carbonyl (C=O) groups excluding carboxylic acids is 1. The summed E-state index contributed by atoms with van der Waals surface area (Å²) in [6, 6.07) is 1.67. The molecule has 1 unspecified atom stereocenters. The van der Waals surface area contributed by atoms with Crippen LogP contribution in [0.5, 0.6) is 0 Å². The number of piperidine rings is 1. The van der Waals surface area contributed by atoms with E-state index >= 15 is 0 Å². The predicted molar refractivity (Wildman–Crippen MR) is 101 cm³/mol. The minimum atomic E-state index is -0.159. The van der Waals surface area contributed by atoms with Crippen molar-refractivity contribution >= 4 is 22.4 Å². The summed E-state index contributed by atoms with van der Waals surface area (Å²) in [4.78, 5) is 36.2. The van der Waals surface area contributed by atoms with Crippen molar-refractivity contribution in [2.75, 3.05) is 25.5 Å². The van der Waals surface area contributed by atoms with E-state index in [9.17, 15) is 9.59 Å². The number of thiazole rings is 1. The van der Waals surface area contributed by atoms with Gasteiger partial charge in [-0.3, -0.25) is 9.59 Å². The SMILES string of the molecule is CNc1nc(C)c(C(=O)N2CCCC(c3cc(=O)nc4n3CCC4)C2)s1. The number of likely N-dealkylation sites (tertiary alicyclic amines) is 1. The lowest BCUT2D eigenvalue weighted by Crippen LogP contribution is -2.40. The molecule has 7 nitrogen and oxygen atoms in total. The molecule has 2 aliphatic heterocycles. The number of rotatable bonds is 3. The summed E-state index contributed by atoms with van der Waals surface area (Å²) >= 11 is 1.40. The van der Waals surface area contributed by atoms with Gasteiger partial charge in [0.1, 0.15) is 10.7 Å². The van der Waals surface area contributed by atoms with Crippen LogP contribution in [-0.4, -0.2) is 45.5 Å². The van der Waals surface area contributed by atoms with E-state index in [2.05, 4.69) is 19.9 Å². The Morgan fingerprint density at radius 3 is 2.92 bits per heavy atom. The van der Waals surface area contributed by atoms with Gasteiger partial charge in [0, 0.05) is 50.8 Å². The molecule has 0 spiro atoms.